The van der Waals surface area contributed by atoms with Crippen molar-refractivity contribution in [3.05, 3.63) is 64.2 Å². The van der Waals surface area contributed by atoms with Crippen LogP contribution in [0.5, 0.6) is 17.2 Å². The molecule has 1 fully saturated rings. The van der Waals surface area contributed by atoms with Gasteiger partial charge in [0.05, 0.1) is 17.7 Å². The molecule has 2 aliphatic rings. The van der Waals surface area contributed by atoms with Gasteiger partial charge in [-0.05, 0) is 48.2 Å². The minimum atomic E-state index is -1.78. The Labute approximate surface area is 198 Å². The molecule has 1 heterocycles. The van der Waals surface area contributed by atoms with Crippen molar-refractivity contribution in [2.75, 3.05) is 6.61 Å². The maximum atomic E-state index is 13.6. The number of phenolic OH excluding ortho intramolecular Hbond substituents is 2. The third-order valence-electron chi connectivity index (χ3n) is 6.37. The van der Waals surface area contributed by atoms with Crippen molar-refractivity contribution in [1.82, 2.24) is 0 Å². The van der Waals surface area contributed by atoms with Crippen molar-refractivity contribution in [1.29, 1.82) is 0 Å². The average Bonchev–Trinajstić information content (AvgIpc) is 2.82. The van der Waals surface area contributed by atoms with Crippen molar-refractivity contribution in [3.8, 4) is 17.2 Å². The van der Waals surface area contributed by atoms with Gasteiger partial charge in [-0.15, -0.1) is 0 Å². The van der Waals surface area contributed by atoms with Gasteiger partial charge in [-0.25, -0.2) is 0 Å². The van der Waals surface area contributed by atoms with Gasteiger partial charge in [-0.3, -0.25) is 9.59 Å². The number of phenols is 2. The van der Waals surface area contributed by atoms with Crippen LogP contribution in [-0.4, -0.2) is 79.5 Å². The standard InChI is InChI=1S/C25H22O10/c1-9-4-13-17(15(28)5-9)21(31)18-14(19(13)29)6-10-2-3-11(27)7-12(10)24(18)35-25-23(33)22(32)20(30)16(8-26)34-25/h2-7,16,20,22-23,25-28,30,32-33H,8H2,1H3/t16-,20-,22+,23-,25+/m1/s1. The van der Waals surface area contributed by atoms with E-state index in [-0.39, 0.29) is 39.1 Å². The molecule has 3 aromatic rings. The molecule has 0 radical (unpaired) electrons. The van der Waals surface area contributed by atoms with Crippen molar-refractivity contribution in [3.63, 3.8) is 0 Å². The summed E-state index contributed by atoms with van der Waals surface area (Å²) in [5.41, 5.74) is 0.138. The molecule has 182 valence electrons. The van der Waals surface area contributed by atoms with E-state index in [4.69, 9.17) is 9.47 Å². The Morgan fingerprint density at radius 3 is 2.31 bits per heavy atom. The van der Waals surface area contributed by atoms with E-state index < -0.39 is 54.6 Å². The lowest BCUT2D eigenvalue weighted by atomic mass is 9.81. The van der Waals surface area contributed by atoms with E-state index in [0.717, 1.165) is 0 Å². The maximum absolute atomic E-state index is 13.6. The first-order chi connectivity index (χ1) is 16.6. The van der Waals surface area contributed by atoms with Crippen LogP contribution in [0.2, 0.25) is 0 Å². The van der Waals surface area contributed by atoms with Gasteiger partial charge in [0, 0.05) is 16.5 Å². The minimum absolute atomic E-state index is 0.0229. The van der Waals surface area contributed by atoms with Gasteiger partial charge in [0.15, 0.2) is 5.78 Å². The molecule has 1 saturated heterocycles. The number of aliphatic hydroxyl groups excluding tert-OH is 4. The molecule has 5 atom stereocenters. The zero-order valence-electron chi connectivity index (χ0n) is 18.4. The molecular weight excluding hydrogens is 460 g/mol. The highest BCUT2D eigenvalue weighted by Crippen LogP contribution is 2.43. The number of aromatic hydroxyl groups is 2. The van der Waals surface area contributed by atoms with Crippen LogP contribution in [0.4, 0.5) is 0 Å². The molecule has 0 bridgehead atoms. The highest BCUT2D eigenvalue weighted by Gasteiger charge is 2.46. The van der Waals surface area contributed by atoms with Crippen molar-refractivity contribution in [2.24, 2.45) is 0 Å². The molecule has 1 aliphatic heterocycles. The van der Waals surface area contributed by atoms with E-state index in [9.17, 15) is 40.2 Å². The Morgan fingerprint density at radius 1 is 0.886 bits per heavy atom. The predicted octanol–water partition coefficient (Wildman–Crippen LogP) is 0.514. The monoisotopic (exact) mass is 482 g/mol. The number of ketones is 2. The van der Waals surface area contributed by atoms with Crippen LogP contribution in [0.1, 0.15) is 37.4 Å². The molecule has 0 spiro atoms. The quantitative estimate of drug-likeness (QED) is 0.241. The second-order valence-electron chi connectivity index (χ2n) is 8.71. The Balaban J connectivity index is 1.73. The molecule has 5 rings (SSSR count). The fraction of sp³-hybridized carbons (Fsp3) is 0.280. The summed E-state index contributed by atoms with van der Waals surface area (Å²) in [5.74, 6) is -2.07. The van der Waals surface area contributed by atoms with E-state index in [0.29, 0.717) is 10.9 Å². The minimum Gasteiger partial charge on any atom is -0.508 e. The summed E-state index contributed by atoms with van der Waals surface area (Å²) in [4.78, 5) is 27.0. The summed E-state index contributed by atoms with van der Waals surface area (Å²) in [6.07, 6.45) is -8.08. The highest BCUT2D eigenvalue weighted by atomic mass is 16.7. The molecule has 10 heteroatoms. The summed E-state index contributed by atoms with van der Waals surface area (Å²) in [6, 6.07) is 8.49. The van der Waals surface area contributed by atoms with Gasteiger partial charge in [-0.2, -0.15) is 0 Å². The number of aryl methyl sites for hydroxylation is 1. The fourth-order valence-electron chi connectivity index (χ4n) is 4.61. The number of hydrogen-bond acceptors (Lipinski definition) is 10. The maximum Gasteiger partial charge on any atom is 0.229 e. The number of aliphatic hydroxyl groups is 4. The summed E-state index contributed by atoms with van der Waals surface area (Å²) in [5, 5.41) is 61.4. The second-order valence-corrected chi connectivity index (χ2v) is 8.71. The molecule has 3 aromatic carbocycles. The topological polar surface area (TPSA) is 174 Å². The van der Waals surface area contributed by atoms with Crippen molar-refractivity contribution in [2.45, 2.75) is 37.6 Å². The number of benzene rings is 3. The SMILES string of the molecule is Cc1cc(O)c2c(c1)C(=O)c1cc3ccc(O)cc3c(O[C@@H]3O[C@H](CO)[C@@H](O)[C@H](O)[C@H]3O)c1C2=O. The molecule has 0 saturated carbocycles. The molecule has 0 aromatic heterocycles. The number of fused-ring (bicyclic) bond motifs is 3. The first-order valence-electron chi connectivity index (χ1n) is 10.8. The van der Waals surface area contributed by atoms with Gasteiger partial charge < -0.3 is 40.1 Å². The normalized spacial score (nSPS) is 25.9. The lowest BCUT2D eigenvalue weighted by Crippen LogP contribution is -2.60. The smallest absolute Gasteiger partial charge is 0.229 e. The van der Waals surface area contributed by atoms with Gasteiger partial charge >= 0.3 is 0 Å². The fourth-order valence-corrected chi connectivity index (χ4v) is 4.61. The van der Waals surface area contributed by atoms with E-state index in [1.807, 2.05) is 0 Å². The number of hydrogen-bond donors (Lipinski definition) is 6. The number of rotatable bonds is 3. The molecular formula is C25H22O10. The van der Waals surface area contributed by atoms with Crippen molar-refractivity contribution >= 4 is 22.3 Å². The van der Waals surface area contributed by atoms with Crippen LogP contribution in [0.15, 0.2) is 36.4 Å². The molecule has 35 heavy (non-hydrogen) atoms. The Bertz CT molecular complexity index is 1380. The predicted molar refractivity (Wildman–Crippen MR) is 120 cm³/mol. The molecule has 6 N–H and O–H groups in total. The van der Waals surface area contributed by atoms with Crippen LogP contribution in [0.25, 0.3) is 10.8 Å². The van der Waals surface area contributed by atoms with Crippen LogP contribution < -0.4 is 4.74 Å². The third kappa shape index (κ3) is 3.54. The Hall–Kier alpha value is -3.54. The largest absolute Gasteiger partial charge is 0.508 e. The van der Waals surface area contributed by atoms with Gasteiger partial charge in [0.1, 0.15) is 41.7 Å². The first-order valence-corrected chi connectivity index (χ1v) is 10.8. The van der Waals surface area contributed by atoms with Gasteiger partial charge in [0.25, 0.3) is 0 Å². The number of ether oxygens (including phenoxy) is 2. The summed E-state index contributed by atoms with van der Waals surface area (Å²) in [7, 11) is 0. The first kappa shape index (κ1) is 23.2. The third-order valence-corrected chi connectivity index (χ3v) is 6.37. The summed E-state index contributed by atoms with van der Waals surface area (Å²) >= 11 is 0. The van der Waals surface area contributed by atoms with Crippen LogP contribution >= 0.6 is 0 Å². The molecule has 10 nitrogen and oxygen atoms in total. The second kappa shape index (κ2) is 8.29. The molecule has 0 unspecified atom stereocenters. The van der Waals surface area contributed by atoms with E-state index in [1.165, 1.54) is 36.4 Å². The van der Waals surface area contributed by atoms with Gasteiger partial charge in [0.2, 0.25) is 12.1 Å². The zero-order chi connectivity index (χ0) is 25.2. The Kier molecular flexibility index (Phi) is 5.50. The van der Waals surface area contributed by atoms with Gasteiger partial charge in [-0.1, -0.05) is 6.07 Å². The average molecular weight is 482 g/mol. The number of carbonyl (C=O) groups is 2. The summed E-state index contributed by atoms with van der Waals surface area (Å²) < 4.78 is 11.3. The van der Waals surface area contributed by atoms with Crippen LogP contribution in [0.3, 0.4) is 0 Å². The van der Waals surface area contributed by atoms with Crippen LogP contribution in [-0.2, 0) is 4.74 Å². The number of carbonyl (C=O) groups excluding carboxylic acids is 2. The highest BCUT2D eigenvalue weighted by molar-refractivity contribution is 6.32. The van der Waals surface area contributed by atoms with Crippen LogP contribution in [0, 0.1) is 6.92 Å². The van der Waals surface area contributed by atoms with E-state index >= 15 is 0 Å². The lowest BCUT2D eigenvalue weighted by Gasteiger charge is -2.40. The molecule has 0 amide bonds. The summed E-state index contributed by atoms with van der Waals surface area (Å²) in [6.45, 7) is 0.974. The zero-order valence-corrected chi connectivity index (χ0v) is 18.4. The molecule has 1 aliphatic carbocycles. The van der Waals surface area contributed by atoms with Crippen molar-refractivity contribution < 1.29 is 49.7 Å². The lowest BCUT2D eigenvalue weighted by molar-refractivity contribution is -0.277. The Morgan fingerprint density at radius 2 is 1.60 bits per heavy atom. The van der Waals surface area contributed by atoms with E-state index in [2.05, 4.69) is 0 Å². The van der Waals surface area contributed by atoms with E-state index in [1.54, 1.807) is 6.92 Å².